The summed E-state index contributed by atoms with van der Waals surface area (Å²) in [6, 6.07) is 24.6. The highest BCUT2D eigenvalue weighted by Crippen LogP contribution is 2.28. The standard InChI is InChI=1S/C26H29N3O5S/c1-33-25-17-23(13-14-24(25)34-20-22-11-7-4-8-12-22)18-27-28-26(30)19-29(35(2,31)32)16-15-21-9-5-3-6-10-21/h3-14,17-18H,15-16,19-20H2,1-2H3,(H,28,30). The Balaban J connectivity index is 1.55. The molecule has 0 aliphatic heterocycles. The van der Waals surface area contributed by atoms with Gasteiger partial charge in [0, 0.05) is 6.54 Å². The first kappa shape index (κ1) is 25.9. The fraction of sp³-hybridized carbons (Fsp3) is 0.231. The second kappa shape index (κ2) is 12.7. The molecule has 0 bridgehead atoms. The van der Waals surface area contributed by atoms with Crippen LogP contribution in [-0.2, 0) is 27.8 Å². The lowest BCUT2D eigenvalue weighted by atomic mass is 10.1. The highest BCUT2D eigenvalue weighted by atomic mass is 32.2. The minimum atomic E-state index is -3.56. The molecule has 0 heterocycles. The van der Waals surface area contributed by atoms with Gasteiger partial charge in [-0.15, -0.1) is 0 Å². The molecule has 0 spiro atoms. The van der Waals surface area contributed by atoms with E-state index >= 15 is 0 Å². The summed E-state index contributed by atoms with van der Waals surface area (Å²) in [6.07, 6.45) is 3.04. The Morgan fingerprint density at radius 2 is 1.63 bits per heavy atom. The van der Waals surface area contributed by atoms with Gasteiger partial charge in [0.2, 0.25) is 10.0 Å². The summed E-state index contributed by atoms with van der Waals surface area (Å²) >= 11 is 0. The molecule has 9 heteroatoms. The molecule has 184 valence electrons. The highest BCUT2D eigenvalue weighted by Gasteiger charge is 2.19. The van der Waals surface area contributed by atoms with E-state index in [2.05, 4.69) is 10.5 Å². The molecule has 3 aromatic rings. The van der Waals surface area contributed by atoms with Crippen LogP contribution in [0, 0.1) is 0 Å². The summed E-state index contributed by atoms with van der Waals surface area (Å²) in [5, 5.41) is 3.95. The first-order chi connectivity index (χ1) is 16.8. The molecule has 0 saturated heterocycles. The van der Waals surface area contributed by atoms with Crippen molar-refractivity contribution in [3.63, 3.8) is 0 Å². The van der Waals surface area contributed by atoms with E-state index in [1.54, 1.807) is 25.3 Å². The average molecular weight is 496 g/mol. The van der Waals surface area contributed by atoms with Gasteiger partial charge in [0.25, 0.3) is 5.91 Å². The zero-order chi connectivity index (χ0) is 25.1. The Kier molecular flexibility index (Phi) is 9.39. The SMILES string of the molecule is COc1cc(C=NNC(=O)CN(CCc2ccccc2)S(C)(=O)=O)ccc1OCc1ccccc1. The third-order valence-corrected chi connectivity index (χ3v) is 6.36. The van der Waals surface area contributed by atoms with Crippen LogP contribution < -0.4 is 14.9 Å². The number of benzene rings is 3. The molecule has 0 fully saturated rings. The van der Waals surface area contributed by atoms with Crippen LogP contribution >= 0.6 is 0 Å². The van der Waals surface area contributed by atoms with Crippen molar-refractivity contribution in [3.05, 3.63) is 95.6 Å². The van der Waals surface area contributed by atoms with Gasteiger partial charge >= 0.3 is 0 Å². The van der Waals surface area contributed by atoms with Crippen LogP contribution in [-0.4, -0.2) is 51.3 Å². The van der Waals surface area contributed by atoms with Gasteiger partial charge in [-0.05, 0) is 41.3 Å². The lowest BCUT2D eigenvalue weighted by Gasteiger charge is -2.18. The van der Waals surface area contributed by atoms with Gasteiger partial charge in [-0.25, -0.2) is 13.8 Å². The predicted octanol–water partition coefficient (Wildman–Crippen LogP) is 3.23. The smallest absolute Gasteiger partial charge is 0.255 e. The zero-order valence-corrected chi connectivity index (χ0v) is 20.6. The fourth-order valence-electron chi connectivity index (χ4n) is 3.25. The molecular formula is C26H29N3O5S. The highest BCUT2D eigenvalue weighted by molar-refractivity contribution is 7.88. The minimum Gasteiger partial charge on any atom is -0.493 e. The van der Waals surface area contributed by atoms with Gasteiger partial charge in [-0.2, -0.15) is 9.41 Å². The van der Waals surface area contributed by atoms with Gasteiger partial charge < -0.3 is 9.47 Å². The second-order valence-corrected chi connectivity index (χ2v) is 9.79. The predicted molar refractivity (Wildman–Crippen MR) is 136 cm³/mol. The Morgan fingerprint density at radius 1 is 0.971 bits per heavy atom. The summed E-state index contributed by atoms with van der Waals surface area (Å²) in [7, 11) is -2.01. The van der Waals surface area contributed by atoms with Crippen molar-refractivity contribution in [2.75, 3.05) is 26.5 Å². The first-order valence-corrected chi connectivity index (χ1v) is 12.9. The third kappa shape index (κ3) is 8.55. The van der Waals surface area contributed by atoms with Gasteiger partial charge in [0.05, 0.1) is 26.1 Å². The molecule has 0 aliphatic carbocycles. The van der Waals surface area contributed by atoms with E-state index in [9.17, 15) is 13.2 Å². The molecule has 0 radical (unpaired) electrons. The maximum absolute atomic E-state index is 12.3. The number of rotatable bonds is 12. The van der Waals surface area contributed by atoms with Gasteiger partial charge in [0.15, 0.2) is 11.5 Å². The van der Waals surface area contributed by atoms with Crippen molar-refractivity contribution in [1.82, 2.24) is 9.73 Å². The number of methoxy groups -OCH3 is 1. The Labute approximate surface area is 206 Å². The summed E-state index contributed by atoms with van der Waals surface area (Å²) in [4.78, 5) is 12.3. The van der Waals surface area contributed by atoms with Crippen LogP contribution in [0.5, 0.6) is 11.5 Å². The summed E-state index contributed by atoms with van der Waals surface area (Å²) in [5.41, 5.74) is 5.09. The van der Waals surface area contributed by atoms with Crippen molar-refractivity contribution in [2.24, 2.45) is 5.10 Å². The van der Waals surface area contributed by atoms with Crippen LogP contribution in [0.3, 0.4) is 0 Å². The number of carbonyl (C=O) groups is 1. The Hall–Kier alpha value is -3.69. The average Bonchev–Trinajstić information content (AvgIpc) is 2.86. The van der Waals surface area contributed by atoms with Gasteiger partial charge in [0.1, 0.15) is 6.61 Å². The monoisotopic (exact) mass is 495 g/mol. The van der Waals surface area contributed by atoms with E-state index in [0.29, 0.717) is 30.1 Å². The van der Waals surface area contributed by atoms with Gasteiger partial charge in [-0.1, -0.05) is 60.7 Å². The molecule has 0 unspecified atom stereocenters. The molecule has 1 amide bonds. The van der Waals surface area contributed by atoms with Crippen LogP contribution in [0.25, 0.3) is 0 Å². The van der Waals surface area contributed by atoms with Crippen molar-refractivity contribution in [3.8, 4) is 11.5 Å². The van der Waals surface area contributed by atoms with E-state index in [-0.39, 0.29) is 13.1 Å². The number of hydrogen-bond acceptors (Lipinski definition) is 6. The molecule has 1 N–H and O–H groups in total. The van der Waals surface area contributed by atoms with E-state index in [1.165, 1.54) is 6.21 Å². The van der Waals surface area contributed by atoms with Crippen LogP contribution in [0.15, 0.2) is 84.0 Å². The molecule has 3 rings (SSSR count). The summed E-state index contributed by atoms with van der Waals surface area (Å²) in [5.74, 6) is 0.578. The zero-order valence-electron chi connectivity index (χ0n) is 19.8. The largest absolute Gasteiger partial charge is 0.493 e. The molecular weight excluding hydrogens is 466 g/mol. The normalized spacial score (nSPS) is 11.5. The maximum atomic E-state index is 12.3. The van der Waals surface area contributed by atoms with E-state index < -0.39 is 15.9 Å². The second-order valence-electron chi connectivity index (χ2n) is 7.81. The van der Waals surface area contributed by atoms with Crippen molar-refractivity contribution < 1.29 is 22.7 Å². The molecule has 8 nitrogen and oxygen atoms in total. The summed E-state index contributed by atoms with van der Waals surface area (Å²) in [6.45, 7) is 0.280. The number of nitrogens with one attached hydrogen (secondary N) is 1. The topological polar surface area (TPSA) is 97.3 Å². The number of hydrogen-bond donors (Lipinski definition) is 1. The molecule has 0 atom stereocenters. The minimum absolute atomic E-state index is 0.196. The number of amides is 1. The van der Waals surface area contributed by atoms with Crippen LogP contribution in [0.2, 0.25) is 0 Å². The van der Waals surface area contributed by atoms with Crippen molar-refractivity contribution in [2.45, 2.75) is 13.0 Å². The van der Waals surface area contributed by atoms with Crippen LogP contribution in [0.1, 0.15) is 16.7 Å². The lowest BCUT2D eigenvalue weighted by molar-refractivity contribution is -0.121. The number of ether oxygens (including phenoxy) is 2. The van der Waals surface area contributed by atoms with Crippen LogP contribution in [0.4, 0.5) is 0 Å². The molecule has 0 aliphatic rings. The number of carbonyl (C=O) groups excluding carboxylic acids is 1. The molecule has 35 heavy (non-hydrogen) atoms. The molecule has 3 aromatic carbocycles. The van der Waals surface area contributed by atoms with E-state index in [0.717, 1.165) is 21.7 Å². The Bertz CT molecular complexity index is 1230. The maximum Gasteiger partial charge on any atom is 0.255 e. The lowest BCUT2D eigenvalue weighted by Crippen LogP contribution is -2.40. The third-order valence-electron chi connectivity index (χ3n) is 5.11. The quantitative estimate of drug-likeness (QED) is 0.307. The van der Waals surface area contributed by atoms with Crippen molar-refractivity contribution in [1.29, 1.82) is 0 Å². The Morgan fingerprint density at radius 3 is 2.26 bits per heavy atom. The number of sulfonamides is 1. The number of hydrazone groups is 1. The van der Waals surface area contributed by atoms with E-state index in [1.807, 2.05) is 60.7 Å². The van der Waals surface area contributed by atoms with E-state index in [4.69, 9.17) is 9.47 Å². The summed E-state index contributed by atoms with van der Waals surface area (Å²) < 4.78 is 36.6. The van der Waals surface area contributed by atoms with Crippen molar-refractivity contribution >= 4 is 22.1 Å². The molecule has 0 saturated carbocycles. The number of nitrogens with zero attached hydrogens (tertiary/aromatic N) is 2. The fourth-order valence-corrected chi connectivity index (χ4v) is 4.03. The van der Waals surface area contributed by atoms with Gasteiger partial charge in [-0.3, -0.25) is 4.79 Å². The molecule has 0 aromatic heterocycles. The first-order valence-electron chi connectivity index (χ1n) is 11.0.